The lowest BCUT2D eigenvalue weighted by molar-refractivity contribution is 0.188. The van der Waals surface area contributed by atoms with Crippen molar-refractivity contribution in [3.8, 4) is 5.75 Å². The van der Waals surface area contributed by atoms with E-state index in [9.17, 15) is 0 Å². The molecule has 1 spiro atoms. The van der Waals surface area contributed by atoms with E-state index in [1.807, 2.05) is 0 Å². The minimum absolute atomic E-state index is 0.632. The highest BCUT2D eigenvalue weighted by Crippen LogP contribution is 2.49. The second-order valence-electron chi connectivity index (χ2n) is 6.48. The maximum absolute atomic E-state index is 5.36. The molecule has 110 valence electrons. The van der Waals surface area contributed by atoms with Gasteiger partial charge in [-0.2, -0.15) is 0 Å². The molecule has 0 heterocycles. The molecular weight excluding hydrogens is 314 g/mol. The van der Waals surface area contributed by atoms with Crippen molar-refractivity contribution in [3.63, 3.8) is 0 Å². The fraction of sp³-hybridized carbons (Fsp3) is 0.647. The molecule has 1 aromatic carbocycles. The second-order valence-corrected chi connectivity index (χ2v) is 7.33. The minimum Gasteiger partial charge on any atom is -0.495 e. The van der Waals surface area contributed by atoms with Crippen LogP contribution < -0.4 is 10.1 Å². The average molecular weight is 338 g/mol. The lowest BCUT2D eigenvalue weighted by Gasteiger charge is -2.37. The molecular formula is C17H24BrNO. The van der Waals surface area contributed by atoms with Gasteiger partial charge in [-0.05, 0) is 72.0 Å². The van der Waals surface area contributed by atoms with E-state index in [2.05, 4.69) is 39.4 Å². The van der Waals surface area contributed by atoms with E-state index < -0.39 is 0 Å². The lowest BCUT2D eigenvalue weighted by atomic mass is 9.71. The number of nitrogens with one attached hydrogen (secondary N) is 1. The highest BCUT2D eigenvalue weighted by atomic mass is 79.9. The zero-order valence-electron chi connectivity index (χ0n) is 12.3. The number of methoxy groups -OCH3 is 1. The number of hydrogen-bond acceptors (Lipinski definition) is 2. The number of ether oxygens (including phenoxy) is 1. The van der Waals surface area contributed by atoms with Crippen LogP contribution in [-0.2, 0) is 0 Å². The predicted molar refractivity (Wildman–Crippen MR) is 87.5 cm³/mol. The third kappa shape index (κ3) is 2.98. The van der Waals surface area contributed by atoms with E-state index >= 15 is 0 Å². The summed E-state index contributed by atoms with van der Waals surface area (Å²) in [5.41, 5.74) is 1.90. The Balaban J connectivity index is 1.59. The topological polar surface area (TPSA) is 21.3 Å². The van der Waals surface area contributed by atoms with Gasteiger partial charge in [-0.25, -0.2) is 0 Å². The summed E-state index contributed by atoms with van der Waals surface area (Å²) in [7, 11) is 1.72. The summed E-state index contributed by atoms with van der Waals surface area (Å²) in [5, 5.41) is 3.69. The Hall–Kier alpha value is -0.700. The smallest absolute Gasteiger partial charge is 0.135 e. The number of anilines is 1. The lowest BCUT2D eigenvalue weighted by Crippen LogP contribution is -2.31. The Morgan fingerprint density at radius 1 is 1.15 bits per heavy atom. The quantitative estimate of drug-likeness (QED) is 0.800. The number of benzene rings is 1. The van der Waals surface area contributed by atoms with Gasteiger partial charge < -0.3 is 10.1 Å². The summed E-state index contributed by atoms with van der Waals surface area (Å²) in [6, 6.07) is 6.91. The Morgan fingerprint density at radius 2 is 1.85 bits per heavy atom. The second kappa shape index (κ2) is 5.97. The molecule has 1 aromatic rings. The summed E-state index contributed by atoms with van der Waals surface area (Å²) in [4.78, 5) is 0. The molecule has 3 rings (SSSR count). The number of halogens is 1. The molecule has 0 radical (unpaired) electrons. The Bertz CT molecular complexity index is 458. The summed E-state index contributed by atoms with van der Waals surface area (Å²) in [5.74, 6) is 0.901. The van der Waals surface area contributed by atoms with Crippen molar-refractivity contribution >= 4 is 21.6 Å². The minimum atomic E-state index is 0.632. The number of rotatable bonds is 3. The molecule has 2 aliphatic carbocycles. The van der Waals surface area contributed by atoms with E-state index in [0.717, 1.165) is 15.6 Å². The zero-order valence-corrected chi connectivity index (χ0v) is 13.8. The normalized spacial score (nSPS) is 22.1. The van der Waals surface area contributed by atoms with Crippen LogP contribution in [0.1, 0.15) is 51.4 Å². The molecule has 0 saturated heterocycles. The van der Waals surface area contributed by atoms with Crippen molar-refractivity contribution in [1.82, 2.24) is 0 Å². The fourth-order valence-electron chi connectivity index (χ4n) is 3.98. The summed E-state index contributed by atoms with van der Waals surface area (Å²) >= 11 is 3.50. The first-order valence-electron chi connectivity index (χ1n) is 7.81. The van der Waals surface area contributed by atoms with Crippen molar-refractivity contribution in [1.29, 1.82) is 0 Å². The van der Waals surface area contributed by atoms with Crippen LogP contribution >= 0.6 is 15.9 Å². The van der Waals surface area contributed by atoms with Gasteiger partial charge >= 0.3 is 0 Å². The molecule has 0 bridgehead atoms. The molecule has 0 amide bonds. The molecule has 2 nitrogen and oxygen atoms in total. The van der Waals surface area contributed by atoms with Gasteiger partial charge in [0.25, 0.3) is 0 Å². The Labute approximate surface area is 130 Å². The Morgan fingerprint density at radius 3 is 2.50 bits per heavy atom. The van der Waals surface area contributed by atoms with Crippen LogP contribution in [0.3, 0.4) is 0 Å². The van der Waals surface area contributed by atoms with Crippen LogP contribution in [0.25, 0.3) is 0 Å². The fourth-order valence-corrected chi connectivity index (χ4v) is 4.39. The Kier molecular flexibility index (Phi) is 4.25. The van der Waals surface area contributed by atoms with E-state index in [-0.39, 0.29) is 0 Å². The van der Waals surface area contributed by atoms with Crippen molar-refractivity contribution < 1.29 is 4.74 Å². The SMILES string of the molecule is COc1cc(NC2CCC3(CCCC3)CC2)ccc1Br. The molecule has 1 N–H and O–H groups in total. The molecule has 0 unspecified atom stereocenters. The highest BCUT2D eigenvalue weighted by Gasteiger charge is 2.37. The molecule has 2 aliphatic rings. The molecule has 20 heavy (non-hydrogen) atoms. The van der Waals surface area contributed by atoms with Crippen molar-refractivity contribution in [2.75, 3.05) is 12.4 Å². The van der Waals surface area contributed by atoms with Crippen molar-refractivity contribution in [3.05, 3.63) is 22.7 Å². The van der Waals surface area contributed by atoms with Gasteiger partial charge in [-0.1, -0.05) is 12.8 Å². The van der Waals surface area contributed by atoms with Crippen LogP contribution in [0, 0.1) is 5.41 Å². The van der Waals surface area contributed by atoms with Gasteiger partial charge in [0.2, 0.25) is 0 Å². The first kappa shape index (κ1) is 14.2. The third-order valence-electron chi connectivity index (χ3n) is 5.23. The zero-order chi connectivity index (χ0) is 14.0. The molecule has 2 fully saturated rings. The first-order chi connectivity index (χ1) is 9.71. The van der Waals surface area contributed by atoms with Crippen molar-refractivity contribution in [2.24, 2.45) is 5.41 Å². The molecule has 0 aromatic heterocycles. The van der Waals surface area contributed by atoms with E-state index in [0.29, 0.717) is 6.04 Å². The van der Waals surface area contributed by atoms with E-state index in [1.54, 1.807) is 7.11 Å². The van der Waals surface area contributed by atoms with E-state index in [1.165, 1.54) is 57.1 Å². The van der Waals surface area contributed by atoms with Gasteiger partial charge in [-0.3, -0.25) is 0 Å². The maximum Gasteiger partial charge on any atom is 0.135 e. The summed E-state index contributed by atoms with van der Waals surface area (Å²) < 4.78 is 6.38. The predicted octanol–water partition coefficient (Wildman–Crippen LogP) is 5.37. The van der Waals surface area contributed by atoms with Gasteiger partial charge in [0.15, 0.2) is 0 Å². The maximum atomic E-state index is 5.36. The van der Waals surface area contributed by atoms with Gasteiger partial charge in [0.05, 0.1) is 11.6 Å². The average Bonchev–Trinajstić information content (AvgIpc) is 2.92. The van der Waals surface area contributed by atoms with Gasteiger partial charge in [0.1, 0.15) is 5.75 Å². The molecule has 0 aliphatic heterocycles. The van der Waals surface area contributed by atoms with Crippen LogP contribution in [0.2, 0.25) is 0 Å². The third-order valence-corrected chi connectivity index (χ3v) is 5.89. The standard InChI is InChI=1S/C17H24BrNO/c1-20-16-12-14(4-5-15(16)18)19-13-6-10-17(11-7-13)8-2-3-9-17/h4-5,12-13,19H,2-3,6-11H2,1H3. The van der Waals surface area contributed by atoms with Crippen LogP contribution in [-0.4, -0.2) is 13.2 Å². The molecule has 3 heteroatoms. The monoisotopic (exact) mass is 337 g/mol. The van der Waals surface area contributed by atoms with E-state index in [4.69, 9.17) is 4.74 Å². The van der Waals surface area contributed by atoms with Crippen LogP contribution in [0.5, 0.6) is 5.75 Å². The number of hydrogen-bond donors (Lipinski definition) is 1. The van der Waals surface area contributed by atoms with Gasteiger partial charge in [-0.15, -0.1) is 0 Å². The first-order valence-corrected chi connectivity index (χ1v) is 8.60. The summed E-state index contributed by atoms with van der Waals surface area (Å²) in [6.07, 6.45) is 11.3. The molecule has 2 saturated carbocycles. The molecule has 0 atom stereocenters. The summed E-state index contributed by atoms with van der Waals surface area (Å²) in [6.45, 7) is 0. The van der Waals surface area contributed by atoms with Crippen molar-refractivity contribution in [2.45, 2.75) is 57.4 Å². The van der Waals surface area contributed by atoms with Crippen LogP contribution in [0.4, 0.5) is 5.69 Å². The van der Waals surface area contributed by atoms with Crippen LogP contribution in [0.15, 0.2) is 22.7 Å². The van der Waals surface area contributed by atoms with Gasteiger partial charge in [0, 0.05) is 17.8 Å². The largest absolute Gasteiger partial charge is 0.495 e. The highest BCUT2D eigenvalue weighted by molar-refractivity contribution is 9.10.